The lowest BCUT2D eigenvalue weighted by Gasteiger charge is -2.59. The van der Waals surface area contributed by atoms with Gasteiger partial charge in [-0.3, -0.25) is 9.80 Å². The normalized spacial score (nSPS) is 26.8. The van der Waals surface area contributed by atoms with Crippen molar-refractivity contribution in [1.82, 2.24) is 9.80 Å². The molecule has 0 aliphatic carbocycles. The fraction of sp³-hybridized carbons (Fsp3) is 0.786. The zero-order valence-electron chi connectivity index (χ0n) is 22.2. The lowest BCUT2D eigenvalue weighted by molar-refractivity contribution is -0.0677. The van der Waals surface area contributed by atoms with Gasteiger partial charge in [0.25, 0.3) is 0 Å². The van der Waals surface area contributed by atoms with Crippen LogP contribution in [0.3, 0.4) is 0 Å². The Morgan fingerprint density at radius 1 is 0.677 bits per heavy atom. The molecule has 0 saturated carbocycles. The quantitative estimate of drug-likeness (QED) is 0.539. The highest BCUT2D eigenvalue weighted by molar-refractivity contribution is 5.31. The highest BCUT2D eigenvalue weighted by Crippen LogP contribution is 2.53. The van der Waals surface area contributed by atoms with E-state index in [0.717, 1.165) is 5.75 Å². The lowest BCUT2D eigenvalue weighted by Crippen LogP contribution is -2.61. The summed E-state index contributed by atoms with van der Waals surface area (Å²) in [6.45, 7) is 19.5. The van der Waals surface area contributed by atoms with Crippen molar-refractivity contribution in [3.8, 4) is 5.75 Å². The van der Waals surface area contributed by atoms with Crippen molar-refractivity contribution in [2.45, 2.75) is 109 Å². The molecule has 0 spiro atoms. The first-order valence-corrected chi connectivity index (χ1v) is 12.2. The molecule has 3 rings (SSSR count). The van der Waals surface area contributed by atoms with Gasteiger partial charge in [0.2, 0.25) is 0 Å². The predicted octanol–water partition coefficient (Wildman–Crippen LogP) is 6.58. The number of methoxy groups -OCH3 is 1. The van der Waals surface area contributed by atoms with Gasteiger partial charge in [-0.15, -0.1) is 0 Å². The fourth-order valence-corrected chi connectivity index (χ4v) is 7.16. The molecular weight excluding hydrogens is 380 g/mol. The summed E-state index contributed by atoms with van der Waals surface area (Å²) < 4.78 is 5.49. The van der Waals surface area contributed by atoms with Crippen LogP contribution in [0.5, 0.6) is 5.75 Å². The van der Waals surface area contributed by atoms with Crippen molar-refractivity contribution in [3.63, 3.8) is 0 Å². The van der Waals surface area contributed by atoms with Crippen LogP contribution < -0.4 is 4.74 Å². The third-order valence-corrected chi connectivity index (χ3v) is 9.20. The van der Waals surface area contributed by atoms with Gasteiger partial charge in [0.05, 0.1) is 7.11 Å². The molecule has 0 atom stereocenters. The molecule has 0 bridgehead atoms. The first kappa shape index (κ1) is 24.6. The summed E-state index contributed by atoms with van der Waals surface area (Å²) in [7, 11) is 6.40. The molecule has 0 aromatic heterocycles. The molecule has 2 aliphatic rings. The minimum Gasteiger partial charge on any atom is -0.497 e. The van der Waals surface area contributed by atoms with E-state index in [0.29, 0.717) is 17.8 Å². The molecule has 2 saturated heterocycles. The van der Waals surface area contributed by atoms with Gasteiger partial charge < -0.3 is 4.74 Å². The van der Waals surface area contributed by atoms with Gasteiger partial charge in [0.15, 0.2) is 0 Å². The van der Waals surface area contributed by atoms with Crippen molar-refractivity contribution in [2.75, 3.05) is 21.2 Å². The van der Waals surface area contributed by atoms with Crippen LogP contribution in [-0.4, -0.2) is 53.2 Å². The van der Waals surface area contributed by atoms with Crippen molar-refractivity contribution in [2.24, 2.45) is 11.8 Å². The molecule has 0 unspecified atom stereocenters. The molecule has 3 heteroatoms. The molecule has 3 nitrogen and oxygen atoms in total. The van der Waals surface area contributed by atoms with Gasteiger partial charge in [0, 0.05) is 22.2 Å². The van der Waals surface area contributed by atoms with E-state index in [2.05, 4.69) is 104 Å². The Morgan fingerprint density at radius 3 is 1.29 bits per heavy atom. The molecule has 0 amide bonds. The summed E-state index contributed by atoms with van der Waals surface area (Å²) >= 11 is 0. The Kier molecular flexibility index (Phi) is 6.39. The second-order valence-corrected chi connectivity index (χ2v) is 13.0. The molecule has 1 aromatic carbocycles. The minimum atomic E-state index is 0.202. The van der Waals surface area contributed by atoms with Crippen LogP contribution >= 0.6 is 0 Å². The van der Waals surface area contributed by atoms with Crippen molar-refractivity contribution in [1.29, 1.82) is 0 Å². The van der Waals surface area contributed by atoms with Gasteiger partial charge in [-0.1, -0.05) is 12.1 Å². The standard InChI is InChI=1S/C28H48N2O/c1-25(2)16-21(17-26(3,4)29(25)9)24(20-12-14-23(31-11)15-13-20)22-18-27(5,6)30(10)28(7,8)19-22/h12-15,21-22,24H,16-19H2,1-11H3. The topological polar surface area (TPSA) is 15.7 Å². The van der Waals surface area contributed by atoms with Gasteiger partial charge in [-0.2, -0.15) is 0 Å². The Hall–Kier alpha value is -1.06. The Morgan fingerprint density at radius 2 is 1.00 bits per heavy atom. The van der Waals surface area contributed by atoms with Crippen molar-refractivity contribution in [3.05, 3.63) is 29.8 Å². The van der Waals surface area contributed by atoms with E-state index in [1.165, 1.54) is 31.2 Å². The van der Waals surface area contributed by atoms with E-state index in [-0.39, 0.29) is 22.2 Å². The molecule has 31 heavy (non-hydrogen) atoms. The maximum atomic E-state index is 5.49. The van der Waals surface area contributed by atoms with Gasteiger partial charge in [-0.25, -0.2) is 0 Å². The molecule has 1 aromatic rings. The maximum absolute atomic E-state index is 5.49. The van der Waals surface area contributed by atoms with E-state index >= 15 is 0 Å². The molecular formula is C28H48N2O. The first-order chi connectivity index (χ1) is 14.1. The van der Waals surface area contributed by atoms with Crippen LogP contribution in [0.25, 0.3) is 0 Å². The largest absolute Gasteiger partial charge is 0.497 e. The number of rotatable bonds is 4. The Bertz CT molecular complexity index is 684. The molecule has 2 heterocycles. The summed E-state index contributed by atoms with van der Waals surface area (Å²) in [5.41, 5.74) is 2.31. The SMILES string of the molecule is COc1ccc(C(C2CC(C)(C)N(C)C(C)(C)C2)C2CC(C)(C)N(C)C(C)(C)C2)cc1. The maximum Gasteiger partial charge on any atom is 0.118 e. The summed E-state index contributed by atoms with van der Waals surface area (Å²) in [5, 5.41) is 0. The minimum absolute atomic E-state index is 0.202. The molecule has 0 N–H and O–H groups in total. The lowest BCUT2D eigenvalue weighted by atomic mass is 9.60. The third-order valence-electron chi connectivity index (χ3n) is 9.20. The number of nitrogens with zero attached hydrogens (tertiary/aromatic N) is 2. The van der Waals surface area contributed by atoms with Gasteiger partial charge in [0.1, 0.15) is 5.75 Å². The molecule has 2 fully saturated rings. The first-order valence-electron chi connectivity index (χ1n) is 12.2. The summed E-state index contributed by atoms with van der Waals surface area (Å²) in [4.78, 5) is 5.23. The second-order valence-electron chi connectivity index (χ2n) is 13.0. The average molecular weight is 429 g/mol. The van der Waals surface area contributed by atoms with Crippen LogP contribution in [0, 0.1) is 11.8 Å². The second kappa shape index (κ2) is 8.06. The zero-order chi connectivity index (χ0) is 23.4. The number of hydrogen-bond acceptors (Lipinski definition) is 3. The van der Waals surface area contributed by atoms with Crippen LogP contribution in [0.2, 0.25) is 0 Å². The summed E-state index contributed by atoms with van der Waals surface area (Å²) in [5.74, 6) is 2.88. The Labute approximate surface area is 192 Å². The number of hydrogen-bond donors (Lipinski definition) is 0. The number of ether oxygens (including phenoxy) is 1. The zero-order valence-corrected chi connectivity index (χ0v) is 22.2. The summed E-state index contributed by atoms with van der Waals surface area (Å²) in [6, 6.07) is 9.03. The smallest absolute Gasteiger partial charge is 0.118 e. The predicted molar refractivity (Wildman–Crippen MR) is 133 cm³/mol. The highest BCUT2D eigenvalue weighted by atomic mass is 16.5. The molecule has 176 valence electrons. The van der Waals surface area contributed by atoms with Crippen LogP contribution in [-0.2, 0) is 0 Å². The van der Waals surface area contributed by atoms with E-state index in [4.69, 9.17) is 4.74 Å². The average Bonchev–Trinajstić information content (AvgIpc) is 2.64. The molecule has 2 aliphatic heterocycles. The van der Waals surface area contributed by atoms with Crippen molar-refractivity contribution < 1.29 is 4.74 Å². The number of piperidine rings is 2. The number of likely N-dealkylation sites (tertiary alicyclic amines) is 2. The van der Waals surface area contributed by atoms with E-state index < -0.39 is 0 Å². The fourth-order valence-electron chi connectivity index (χ4n) is 7.16. The van der Waals surface area contributed by atoms with E-state index in [1.54, 1.807) is 7.11 Å². The molecule has 0 radical (unpaired) electrons. The van der Waals surface area contributed by atoms with Gasteiger partial charge >= 0.3 is 0 Å². The Balaban J connectivity index is 2.05. The third kappa shape index (κ3) is 4.69. The monoisotopic (exact) mass is 428 g/mol. The van der Waals surface area contributed by atoms with Crippen LogP contribution in [0.15, 0.2) is 24.3 Å². The van der Waals surface area contributed by atoms with Gasteiger partial charge in [-0.05, 0) is 131 Å². The van der Waals surface area contributed by atoms with E-state index in [1.807, 2.05) is 0 Å². The van der Waals surface area contributed by atoms with Crippen LogP contribution in [0.4, 0.5) is 0 Å². The van der Waals surface area contributed by atoms with E-state index in [9.17, 15) is 0 Å². The van der Waals surface area contributed by atoms with Crippen molar-refractivity contribution >= 4 is 0 Å². The summed E-state index contributed by atoms with van der Waals surface area (Å²) in [6.07, 6.45) is 4.99. The van der Waals surface area contributed by atoms with Crippen LogP contribution in [0.1, 0.15) is 92.6 Å². The highest BCUT2D eigenvalue weighted by Gasteiger charge is 2.51. The number of benzene rings is 1.